The van der Waals surface area contributed by atoms with Crippen molar-refractivity contribution >= 4 is 71.4 Å². The van der Waals surface area contributed by atoms with Gasteiger partial charge in [-0.3, -0.25) is 4.98 Å². The molecule has 44 heavy (non-hydrogen) atoms. The minimum absolute atomic E-state index is 0.906. The van der Waals surface area contributed by atoms with Gasteiger partial charge in [0, 0.05) is 45.0 Å². The van der Waals surface area contributed by atoms with Gasteiger partial charge in [0.15, 0.2) is 0 Å². The summed E-state index contributed by atoms with van der Waals surface area (Å²) in [6, 6.07) is 53.7. The van der Waals surface area contributed by atoms with E-state index in [9.17, 15) is 0 Å². The second kappa shape index (κ2) is 9.82. The molecule has 0 spiro atoms. The van der Waals surface area contributed by atoms with E-state index in [0.717, 1.165) is 61.0 Å². The van der Waals surface area contributed by atoms with Gasteiger partial charge in [-0.2, -0.15) is 0 Å². The zero-order valence-electron chi connectivity index (χ0n) is 23.8. The zero-order chi connectivity index (χ0) is 29.0. The number of pyridine rings is 1. The van der Waals surface area contributed by atoms with E-state index in [1.807, 2.05) is 24.4 Å². The molecule has 0 radical (unpaired) electrons. The first kappa shape index (κ1) is 24.6. The smallest absolute Gasteiger partial charge is 0.136 e. The molecule has 0 unspecified atom stereocenters. The first-order valence-corrected chi connectivity index (χ1v) is 14.9. The third kappa shape index (κ3) is 4.02. The summed E-state index contributed by atoms with van der Waals surface area (Å²) in [5.41, 5.74) is 8.38. The molecule has 9 aromatic rings. The molecule has 7 aromatic carbocycles. The van der Waals surface area contributed by atoms with Crippen LogP contribution in [0, 0.1) is 0 Å². The molecule has 0 amide bonds. The van der Waals surface area contributed by atoms with Crippen molar-refractivity contribution in [2.75, 3.05) is 4.90 Å². The molecule has 9 rings (SSSR count). The number of para-hydroxylation sites is 3. The second-order valence-electron chi connectivity index (χ2n) is 11.3. The quantitative estimate of drug-likeness (QED) is 0.214. The number of aromatic nitrogens is 1. The summed E-state index contributed by atoms with van der Waals surface area (Å²) in [5, 5.41) is 8.18. The topological polar surface area (TPSA) is 29.3 Å². The number of furan rings is 1. The highest BCUT2D eigenvalue weighted by Crippen LogP contribution is 2.41. The van der Waals surface area contributed by atoms with Gasteiger partial charge < -0.3 is 9.32 Å². The number of fused-ring (bicyclic) bond motifs is 7. The summed E-state index contributed by atoms with van der Waals surface area (Å²) in [6.45, 7) is 0. The number of hydrogen-bond acceptors (Lipinski definition) is 3. The van der Waals surface area contributed by atoms with E-state index in [2.05, 4.69) is 138 Å². The van der Waals surface area contributed by atoms with Gasteiger partial charge in [0.25, 0.3) is 0 Å². The van der Waals surface area contributed by atoms with Crippen LogP contribution >= 0.6 is 0 Å². The van der Waals surface area contributed by atoms with Crippen molar-refractivity contribution in [3.8, 4) is 11.1 Å². The Morgan fingerprint density at radius 1 is 0.432 bits per heavy atom. The van der Waals surface area contributed by atoms with Crippen LogP contribution in [-0.4, -0.2) is 4.98 Å². The summed E-state index contributed by atoms with van der Waals surface area (Å²) < 4.78 is 6.23. The van der Waals surface area contributed by atoms with Gasteiger partial charge in [-0.15, -0.1) is 0 Å². The Morgan fingerprint density at radius 3 is 2.09 bits per heavy atom. The highest BCUT2D eigenvalue weighted by atomic mass is 16.3. The van der Waals surface area contributed by atoms with E-state index >= 15 is 0 Å². The van der Waals surface area contributed by atoms with Crippen molar-refractivity contribution in [2.24, 2.45) is 0 Å². The fraction of sp³-hybridized carbons (Fsp3) is 0. The molecule has 3 heteroatoms. The van der Waals surface area contributed by atoms with Crippen LogP contribution in [0.1, 0.15) is 0 Å². The number of rotatable bonds is 4. The lowest BCUT2D eigenvalue weighted by atomic mass is 10.00. The van der Waals surface area contributed by atoms with Crippen LogP contribution in [0.15, 0.2) is 162 Å². The van der Waals surface area contributed by atoms with Gasteiger partial charge in [0.2, 0.25) is 0 Å². The van der Waals surface area contributed by atoms with E-state index in [4.69, 9.17) is 9.40 Å². The largest absolute Gasteiger partial charge is 0.456 e. The second-order valence-corrected chi connectivity index (χ2v) is 11.3. The Balaban J connectivity index is 1.22. The fourth-order valence-corrected chi connectivity index (χ4v) is 6.48. The molecule has 0 saturated heterocycles. The highest BCUT2D eigenvalue weighted by Gasteiger charge is 2.16. The summed E-state index contributed by atoms with van der Waals surface area (Å²) in [5.74, 6) is 0. The molecule has 2 aromatic heterocycles. The maximum absolute atomic E-state index is 6.23. The van der Waals surface area contributed by atoms with E-state index in [0.29, 0.717) is 0 Å². The van der Waals surface area contributed by atoms with Gasteiger partial charge in [-0.05, 0) is 93.8 Å². The Labute approximate surface area is 254 Å². The predicted molar refractivity (Wildman–Crippen MR) is 184 cm³/mol. The van der Waals surface area contributed by atoms with Crippen LogP contribution in [0.25, 0.3) is 65.5 Å². The Hall–Kier alpha value is -5.93. The normalized spacial score (nSPS) is 11.6. The van der Waals surface area contributed by atoms with Gasteiger partial charge in [-0.25, -0.2) is 0 Å². The molecule has 0 saturated carbocycles. The predicted octanol–water partition coefficient (Wildman–Crippen LogP) is 11.6. The van der Waals surface area contributed by atoms with Crippen molar-refractivity contribution in [3.05, 3.63) is 158 Å². The average molecular weight is 563 g/mol. The Morgan fingerprint density at radius 2 is 1.16 bits per heavy atom. The molecule has 0 aliphatic rings. The first-order valence-electron chi connectivity index (χ1n) is 14.9. The van der Waals surface area contributed by atoms with Crippen molar-refractivity contribution in [1.29, 1.82) is 0 Å². The molecule has 0 N–H and O–H groups in total. The lowest BCUT2D eigenvalue weighted by molar-refractivity contribution is 0.669. The van der Waals surface area contributed by atoms with E-state index in [1.165, 1.54) is 21.5 Å². The van der Waals surface area contributed by atoms with Crippen LogP contribution in [0.3, 0.4) is 0 Å². The molecule has 3 nitrogen and oxygen atoms in total. The van der Waals surface area contributed by atoms with Crippen LogP contribution < -0.4 is 4.90 Å². The molecular weight excluding hydrogens is 536 g/mol. The lowest BCUT2D eigenvalue weighted by Crippen LogP contribution is -2.09. The van der Waals surface area contributed by atoms with Gasteiger partial charge >= 0.3 is 0 Å². The van der Waals surface area contributed by atoms with Crippen LogP contribution in [-0.2, 0) is 0 Å². The molecular formula is C41H26N2O. The van der Waals surface area contributed by atoms with E-state index < -0.39 is 0 Å². The van der Waals surface area contributed by atoms with Crippen LogP contribution in [0.5, 0.6) is 0 Å². The number of benzene rings is 7. The maximum Gasteiger partial charge on any atom is 0.136 e. The summed E-state index contributed by atoms with van der Waals surface area (Å²) in [7, 11) is 0. The highest BCUT2D eigenvalue weighted by molar-refractivity contribution is 6.19. The SMILES string of the molecule is c1ccc(N(c2ccc3ccc(-c4cnc5ccccc5c4)cc3c2)c2ccc3ccc4oc5ccccc5c4c3c2)cc1. The van der Waals surface area contributed by atoms with E-state index in [-0.39, 0.29) is 0 Å². The Bertz CT molecular complexity index is 2510. The fourth-order valence-electron chi connectivity index (χ4n) is 6.48. The first-order chi connectivity index (χ1) is 21.8. The minimum atomic E-state index is 0.906. The summed E-state index contributed by atoms with van der Waals surface area (Å²) in [4.78, 5) is 7.05. The molecule has 0 fully saturated rings. The summed E-state index contributed by atoms with van der Waals surface area (Å²) in [6.07, 6.45) is 1.97. The maximum atomic E-state index is 6.23. The molecule has 0 bridgehead atoms. The number of hydrogen-bond donors (Lipinski definition) is 0. The van der Waals surface area contributed by atoms with Crippen LogP contribution in [0.4, 0.5) is 17.1 Å². The van der Waals surface area contributed by atoms with Crippen molar-refractivity contribution < 1.29 is 4.42 Å². The van der Waals surface area contributed by atoms with Crippen molar-refractivity contribution in [1.82, 2.24) is 4.98 Å². The average Bonchev–Trinajstić information content (AvgIpc) is 3.48. The number of anilines is 3. The lowest BCUT2D eigenvalue weighted by Gasteiger charge is -2.26. The van der Waals surface area contributed by atoms with Gasteiger partial charge in [0.05, 0.1) is 5.52 Å². The monoisotopic (exact) mass is 562 g/mol. The third-order valence-corrected chi connectivity index (χ3v) is 8.62. The van der Waals surface area contributed by atoms with Crippen molar-refractivity contribution in [3.63, 3.8) is 0 Å². The molecule has 0 atom stereocenters. The third-order valence-electron chi connectivity index (χ3n) is 8.62. The van der Waals surface area contributed by atoms with Crippen molar-refractivity contribution in [2.45, 2.75) is 0 Å². The van der Waals surface area contributed by atoms with Gasteiger partial charge in [0.1, 0.15) is 11.2 Å². The van der Waals surface area contributed by atoms with Crippen LogP contribution in [0.2, 0.25) is 0 Å². The minimum Gasteiger partial charge on any atom is -0.456 e. The Kier molecular flexibility index (Phi) is 5.50. The zero-order valence-corrected chi connectivity index (χ0v) is 23.8. The standard InChI is InChI=1S/C41H26N2O/c1-2-9-33(10-3-1)43(35-20-17-28-18-21-40-41(37(28)25-35)36-11-5-7-13-39(36)44-40)34-19-16-27-14-15-29(22-31(27)24-34)32-23-30-8-4-6-12-38(30)42-26-32/h1-26H. The molecule has 2 heterocycles. The van der Waals surface area contributed by atoms with E-state index in [1.54, 1.807) is 0 Å². The molecule has 206 valence electrons. The van der Waals surface area contributed by atoms with Gasteiger partial charge in [-0.1, -0.05) is 84.9 Å². The summed E-state index contributed by atoms with van der Waals surface area (Å²) >= 11 is 0. The molecule has 0 aliphatic heterocycles. The number of nitrogens with zero attached hydrogens (tertiary/aromatic N) is 2. The molecule has 0 aliphatic carbocycles.